The van der Waals surface area contributed by atoms with E-state index in [1.807, 2.05) is 60.6 Å². The number of nitrogens with one attached hydrogen (secondary N) is 2. The molecule has 58 heavy (non-hydrogen) atoms. The molecule has 2 heterocycles. The number of aliphatic carboxylic acids is 2. The number of carbonyl (C=O) groups is 6. The topological polar surface area (TPSA) is 226 Å². The molecular weight excluding hydrogens is 748 g/mol. The summed E-state index contributed by atoms with van der Waals surface area (Å²) in [4.78, 5) is 77.4. The smallest absolute Gasteiger partial charge is 0.326 e. The summed E-state index contributed by atoms with van der Waals surface area (Å²) in [6.45, 7) is 14.2. The first-order valence-corrected chi connectivity index (χ1v) is 19.5. The number of allylic oxidation sites excluding steroid dienone is 7. The first-order valence-electron chi connectivity index (χ1n) is 19.5. The molecule has 5 aliphatic rings. The molecule has 1 spiro atoms. The number of Topliss-reactive ketones (excluding diaryl/α,β-unsaturated/α-hetero) is 2. The summed E-state index contributed by atoms with van der Waals surface area (Å²) in [5, 5.41) is 46.3. The number of fused-ring (bicyclic) bond motifs is 1. The van der Waals surface area contributed by atoms with Gasteiger partial charge in [-0.05, 0) is 87.5 Å². The number of carboxylic acids is 2. The number of ether oxygens (including phenoxy) is 2. The second-order valence-corrected chi connectivity index (χ2v) is 16.8. The van der Waals surface area contributed by atoms with Gasteiger partial charge in [-0.25, -0.2) is 4.79 Å². The Labute approximate surface area is 337 Å². The standard InChI is InChI=1S/C44H54N2O12/c1-22(2)10-9-11-24(5)13-15-27-35(50)28(14-12-23(3)4)38-34(36(27)51)37(52)29-18-26-19-31-42(7,8)58-43(39(26)53,44(29,31)57-38)17-16-25(6)40(54)45-21-32(47)46-30(41(55)56)20-33(48)49/h10,12-13,16,18,26,30-31,50-51H,9,11,14-15,17,19-21H2,1-8H3,(H,45,54)(H,46,47)(H,48,49)(H,55,56)/b24-13+,25-16-/t26?,30-,31?,43?,44?/m0/s1. The van der Waals surface area contributed by atoms with Crippen LogP contribution >= 0.6 is 0 Å². The fraction of sp³-hybridized carbons (Fsp3) is 0.500. The Morgan fingerprint density at radius 3 is 2.19 bits per heavy atom. The molecule has 0 radical (unpaired) electrons. The normalized spacial score (nSPS) is 24.4. The Balaban J connectivity index is 1.54. The number of ketones is 2. The Morgan fingerprint density at radius 2 is 1.57 bits per heavy atom. The minimum atomic E-state index is -1.81. The van der Waals surface area contributed by atoms with E-state index < -0.39 is 82.9 Å². The van der Waals surface area contributed by atoms with Gasteiger partial charge in [-0.3, -0.25) is 24.0 Å². The van der Waals surface area contributed by atoms with Crippen LogP contribution in [0.25, 0.3) is 0 Å². The SMILES string of the molecule is CC(C)=CCC/C(C)=C/Cc1c(O)c(CC=C(C)C)c2c(c1O)C(=O)C1=CC3CC4C(C)(C)OC(C/C=C(/C)C(=O)NCC(=O)N[C@@H](CC(=O)O)C(=O)O)(C3=O)C14O2. The van der Waals surface area contributed by atoms with E-state index in [-0.39, 0.29) is 64.4 Å². The number of hydrogen-bond acceptors (Lipinski definition) is 10. The lowest BCUT2D eigenvalue weighted by atomic mass is 9.51. The molecule has 4 unspecified atom stereocenters. The minimum Gasteiger partial charge on any atom is -0.507 e. The number of rotatable bonds is 16. The summed E-state index contributed by atoms with van der Waals surface area (Å²) in [5.74, 6) is -7.44. The molecule has 3 aliphatic carbocycles. The fourth-order valence-corrected chi connectivity index (χ4v) is 8.73. The third kappa shape index (κ3) is 7.86. The van der Waals surface area contributed by atoms with E-state index in [1.54, 1.807) is 6.08 Å². The lowest BCUT2D eigenvalue weighted by Gasteiger charge is -2.56. The third-order valence-electron chi connectivity index (χ3n) is 11.6. The minimum absolute atomic E-state index is 0.0292. The van der Waals surface area contributed by atoms with Crippen molar-refractivity contribution in [2.45, 2.75) is 123 Å². The number of aromatic hydroxyl groups is 2. The van der Waals surface area contributed by atoms with Crippen LogP contribution in [0.15, 0.2) is 58.2 Å². The lowest BCUT2D eigenvalue weighted by Crippen LogP contribution is -2.72. The van der Waals surface area contributed by atoms with E-state index in [0.717, 1.165) is 24.0 Å². The van der Waals surface area contributed by atoms with Crippen molar-refractivity contribution in [3.8, 4) is 17.2 Å². The van der Waals surface area contributed by atoms with Gasteiger partial charge >= 0.3 is 11.9 Å². The van der Waals surface area contributed by atoms with Gasteiger partial charge in [-0.1, -0.05) is 47.1 Å². The highest BCUT2D eigenvalue weighted by Gasteiger charge is 2.81. The molecule has 2 aliphatic heterocycles. The zero-order valence-corrected chi connectivity index (χ0v) is 34.3. The van der Waals surface area contributed by atoms with Crippen LogP contribution in [-0.2, 0) is 41.6 Å². The van der Waals surface area contributed by atoms with Gasteiger partial charge in [0.05, 0.1) is 18.6 Å². The quantitative estimate of drug-likeness (QED) is 0.0920. The van der Waals surface area contributed by atoms with Crippen molar-refractivity contribution < 1.29 is 58.7 Å². The van der Waals surface area contributed by atoms with Gasteiger partial charge in [0.25, 0.3) is 0 Å². The Kier molecular flexibility index (Phi) is 12.3. The summed E-state index contributed by atoms with van der Waals surface area (Å²) < 4.78 is 13.8. The van der Waals surface area contributed by atoms with Crippen LogP contribution in [0.5, 0.6) is 17.2 Å². The summed E-state index contributed by atoms with van der Waals surface area (Å²) in [6, 6.07) is -1.70. The molecule has 1 aromatic rings. The van der Waals surface area contributed by atoms with Crippen molar-refractivity contribution in [1.82, 2.24) is 10.6 Å². The maximum absolute atomic E-state index is 14.9. The van der Waals surface area contributed by atoms with Gasteiger partial charge in [0.1, 0.15) is 28.9 Å². The molecule has 4 bridgehead atoms. The average Bonchev–Trinajstić information content (AvgIpc) is 3.28. The van der Waals surface area contributed by atoms with Gasteiger partial charge in [-0.15, -0.1) is 0 Å². The van der Waals surface area contributed by atoms with Crippen LogP contribution in [0.3, 0.4) is 0 Å². The van der Waals surface area contributed by atoms with E-state index in [0.29, 0.717) is 6.42 Å². The van der Waals surface area contributed by atoms with E-state index >= 15 is 0 Å². The van der Waals surface area contributed by atoms with E-state index in [1.165, 1.54) is 18.6 Å². The Hall–Kier alpha value is -5.50. The summed E-state index contributed by atoms with van der Waals surface area (Å²) in [6.07, 6.45) is 10.2. The highest BCUT2D eigenvalue weighted by Crippen LogP contribution is 2.68. The number of benzene rings is 1. The number of carboxylic acid groups (broad SMARTS) is 2. The number of phenolic OH excluding ortho intramolecular Hbond substituents is 2. The van der Waals surface area contributed by atoms with Crippen LogP contribution in [0.2, 0.25) is 0 Å². The van der Waals surface area contributed by atoms with Gasteiger partial charge in [0.15, 0.2) is 22.8 Å². The molecule has 1 saturated carbocycles. The monoisotopic (exact) mass is 802 g/mol. The van der Waals surface area contributed by atoms with E-state index in [4.69, 9.17) is 14.6 Å². The number of amides is 2. The van der Waals surface area contributed by atoms with Crippen molar-refractivity contribution >= 4 is 35.3 Å². The molecule has 1 aromatic carbocycles. The van der Waals surface area contributed by atoms with Gasteiger partial charge in [0.2, 0.25) is 11.8 Å². The Bertz CT molecular complexity index is 2110. The first-order chi connectivity index (χ1) is 27.1. The van der Waals surface area contributed by atoms with Crippen LogP contribution in [0, 0.1) is 11.8 Å². The van der Waals surface area contributed by atoms with Gasteiger partial charge < -0.3 is 40.5 Å². The van der Waals surface area contributed by atoms with Crippen LogP contribution in [0.1, 0.15) is 109 Å². The molecule has 14 heteroatoms. The number of phenols is 2. The van der Waals surface area contributed by atoms with Crippen molar-refractivity contribution in [2.75, 3.05) is 6.54 Å². The van der Waals surface area contributed by atoms with Gasteiger partial charge in [-0.2, -0.15) is 0 Å². The summed E-state index contributed by atoms with van der Waals surface area (Å²) in [5.41, 5.74) is -0.714. The fourth-order valence-electron chi connectivity index (χ4n) is 8.73. The first kappa shape index (κ1) is 43.6. The zero-order valence-electron chi connectivity index (χ0n) is 34.3. The molecule has 6 N–H and O–H groups in total. The second-order valence-electron chi connectivity index (χ2n) is 16.8. The lowest BCUT2D eigenvalue weighted by molar-refractivity contribution is -0.171. The molecule has 312 valence electrons. The highest BCUT2D eigenvalue weighted by atomic mass is 16.6. The van der Waals surface area contributed by atoms with Crippen molar-refractivity contribution in [3.63, 3.8) is 0 Å². The molecule has 2 fully saturated rings. The largest absolute Gasteiger partial charge is 0.507 e. The molecular formula is C44H54N2O12. The summed E-state index contributed by atoms with van der Waals surface area (Å²) in [7, 11) is 0. The molecule has 6 rings (SSSR count). The maximum atomic E-state index is 14.9. The average molecular weight is 803 g/mol. The van der Waals surface area contributed by atoms with E-state index in [2.05, 4.69) is 16.7 Å². The third-order valence-corrected chi connectivity index (χ3v) is 11.6. The predicted octanol–water partition coefficient (Wildman–Crippen LogP) is 5.35. The van der Waals surface area contributed by atoms with Gasteiger partial charge in [0, 0.05) is 40.5 Å². The molecule has 5 atom stereocenters. The number of hydrogen-bond donors (Lipinski definition) is 6. The zero-order chi connectivity index (χ0) is 43.1. The predicted molar refractivity (Wildman–Crippen MR) is 213 cm³/mol. The van der Waals surface area contributed by atoms with Crippen LogP contribution in [-0.4, -0.2) is 85.1 Å². The van der Waals surface area contributed by atoms with Crippen molar-refractivity contribution in [2.24, 2.45) is 11.8 Å². The molecule has 0 aromatic heterocycles. The van der Waals surface area contributed by atoms with Crippen molar-refractivity contribution in [3.05, 3.63) is 74.9 Å². The molecule has 14 nitrogen and oxygen atoms in total. The maximum Gasteiger partial charge on any atom is 0.326 e. The number of carbonyl (C=O) groups excluding carboxylic acids is 4. The molecule has 2 amide bonds. The van der Waals surface area contributed by atoms with Crippen LogP contribution < -0.4 is 15.4 Å². The highest BCUT2D eigenvalue weighted by molar-refractivity contribution is 6.18. The summed E-state index contributed by atoms with van der Waals surface area (Å²) >= 11 is 0. The van der Waals surface area contributed by atoms with Crippen molar-refractivity contribution in [1.29, 1.82) is 0 Å². The van der Waals surface area contributed by atoms with E-state index in [9.17, 15) is 44.1 Å². The second kappa shape index (κ2) is 16.4. The Morgan fingerprint density at radius 1 is 0.914 bits per heavy atom. The van der Waals surface area contributed by atoms with Crippen LogP contribution in [0.4, 0.5) is 0 Å². The molecule has 1 saturated heterocycles.